The van der Waals surface area contributed by atoms with Gasteiger partial charge in [-0.1, -0.05) is 12.1 Å². The first-order valence-corrected chi connectivity index (χ1v) is 6.15. The first-order chi connectivity index (χ1) is 9.63. The molecule has 2 aromatic carbocycles. The van der Waals surface area contributed by atoms with Crippen LogP contribution < -0.4 is 10.7 Å². The van der Waals surface area contributed by atoms with Crippen molar-refractivity contribution in [2.75, 3.05) is 5.32 Å². The highest BCUT2D eigenvalue weighted by Crippen LogP contribution is 2.07. The van der Waals surface area contributed by atoms with E-state index in [0.29, 0.717) is 11.3 Å². The highest BCUT2D eigenvalue weighted by Gasteiger charge is 1.96. The van der Waals surface area contributed by atoms with Gasteiger partial charge in [0.2, 0.25) is 0 Å². The van der Waals surface area contributed by atoms with E-state index in [0.717, 1.165) is 0 Å². The molecule has 0 unspecified atom stereocenters. The minimum atomic E-state index is -0.332. The van der Waals surface area contributed by atoms with Crippen LogP contribution in [0.15, 0.2) is 53.6 Å². The van der Waals surface area contributed by atoms with Crippen LogP contribution >= 0.6 is 12.2 Å². The number of anilines is 1. The van der Waals surface area contributed by atoms with Gasteiger partial charge in [0.05, 0.1) is 6.21 Å². The quantitative estimate of drug-likeness (QED) is 0.517. The van der Waals surface area contributed by atoms with Crippen LogP contribution in [-0.4, -0.2) is 11.3 Å². The molecule has 3 nitrogen and oxygen atoms in total. The first kappa shape index (κ1) is 14.1. The zero-order valence-corrected chi connectivity index (χ0v) is 11.1. The molecule has 0 bridgehead atoms. The van der Waals surface area contributed by atoms with Gasteiger partial charge in [-0.05, 0) is 54.2 Å². The third-order valence-electron chi connectivity index (χ3n) is 2.33. The second-order valence-electron chi connectivity index (χ2n) is 3.89. The minimum absolute atomic E-state index is 0.254. The van der Waals surface area contributed by atoms with Crippen molar-refractivity contribution < 1.29 is 8.78 Å². The van der Waals surface area contributed by atoms with Gasteiger partial charge in [0.1, 0.15) is 11.6 Å². The Morgan fingerprint density at radius 3 is 2.50 bits per heavy atom. The van der Waals surface area contributed by atoms with E-state index in [9.17, 15) is 8.78 Å². The van der Waals surface area contributed by atoms with Crippen LogP contribution in [0, 0.1) is 11.6 Å². The molecule has 0 amide bonds. The van der Waals surface area contributed by atoms with E-state index >= 15 is 0 Å². The Morgan fingerprint density at radius 2 is 1.80 bits per heavy atom. The highest BCUT2D eigenvalue weighted by molar-refractivity contribution is 7.80. The van der Waals surface area contributed by atoms with Gasteiger partial charge < -0.3 is 5.32 Å². The fourth-order valence-corrected chi connectivity index (χ4v) is 1.62. The highest BCUT2D eigenvalue weighted by atomic mass is 32.1. The lowest BCUT2D eigenvalue weighted by molar-refractivity contribution is 0.627. The monoisotopic (exact) mass is 291 g/mol. The smallest absolute Gasteiger partial charge is 0.191 e. The van der Waals surface area contributed by atoms with Gasteiger partial charge in [0.15, 0.2) is 5.11 Å². The summed E-state index contributed by atoms with van der Waals surface area (Å²) in [6.07, 6.45) is 1.45. The molecule has 20 heavy (non-hydrogen) atoms. The second kappa shape index (κ2) is 6.72. The van der Waals surface area contributed by atoms with Crippen LogP contribution in [0.25, 0.3) is 0 Å². The lowest BCUT2D eigenvalue weighted by Crippen LogP contribution is -2.23. The van der Waals surface area contributed by atoms with Crippen LogP contribution in [0.4, 0.5) is 14.5 Å². The van der Waals surface area contributed by atoms with Crippen molar-refractivity contribution in [2.24, 2.45) is 5.10 Å². The molecule has 0 saturated carbocycles. The van der Waals surface area contributed by atoms with Gasteiger partial charge in [-0.15, -0.1) is 0 Å². The molecule has 2 aromatic rings. The predicted molar refractivity (Wildman–Crippen MR) is 79.8 cm³/mol. The Labute approximate surface area is 120 Å². The molecule has 0 fully saturated rings. The molecule has 0 saturated heterocycles. The van der Waals surface area contributed by atoms with E-state index in [-0.39, 0.29) is 16.7 Å². The number of halogens is 2. The largest absolute Gasteiger partial charge is 0.331 e. The summed E-state index contributed by atoms with van der Waals surface area (Å²) in [7, 11) is 0. The van der Waals surface area contributed by atoms with Gasteiger partial charge in [-0.2, -0.15) is 5.10 Å². The molecular formula is C14H11F2N3S. The van der Waals surface area contributed by atoms with Crippen LogP contribution in [-0.2, 0) is 0 Å². The molecule has 0 spiro atoms. The van der Waals surface area contributed by atoms with Crippen molar-refractivity contribution in [2.45, 2.75) is 0 Å². The van der Waals surface area contributed by atoms with Crippen LogP contribution in [0.1, 0.15) is 5.56 Å². The van der Waals surface area contributed by atoms with Crippen molar-refractivity contribution in [3.8, 4) is 0 Å². The van der Waals surface area contributed by atoms with E-state index in [1.54, 1.807) is 24.3 Å². The van der Waals surface area contributed by atoms with Crippen molar-refractivity contribution in [3.63, 3.8) is 0 Å². The molecule has 0 radical (unpaired) electrons. The number of hydrogen-bond acceptors (Lipinski definition) is 2. The Hall–Kier alpha value is -2.34. The van der Waals surface area contributed by atoms with Crippen molar-refractivity contribution in [1.82, 2.24) is 5.43 Å². The summed E-state index contributed by atoms with van der Waals surface area (Å²) in [5.41, 5.74) is 3.84. The maximum Gasteiger partial charge on any atom is 0.191 e. The third kappa shape index (κ3) is 4.40. The van der Waals surface area contributed by atoms with Gasteiger partial charge in [-0.3, -0.25) is 5.43 Å². The van der Waals surface area contributed by atoms with Gasteiger partial charge in [-0.25, -0.2) is 8.78 Å². The molecule has 0 aliphatic heterocycles. The summed E-state index contributed by atoms with van der Waals surface area (Å²) < 4.78 is 25.6. The molecule has 0 heterocycles. The summed E-state index contributed by atoms with van der Waals surface area (Å²) in [5, 5.41) is 6.96. The molecule has 2 rings (SSSR count). The van der Waals surface area contributed by atoms with Crippen LogP contribution in [0.5, 0.6) is 0 Å². The molecular weight excluding hydrogens is 280 g/mol. The Balaban J connectivity index is 1.87. The standard InChI is InChI=1S/C14H11F2N3S/c15-11-4-6-13(7-5-11)18-14(20)19-17-9-10-2-1-3-12(16)8-10/h1-9H,(H2,18,19,20)/b17-9-. The van der Waals surface area contributed by atoms with Crippen molar-refractivity contribution in [3.05, 3.63) is 65.7 Å². The molecule has 0 aliphatic carbocycles. The van der Waals surface area contributed by atoms with E-state index in [1.165, 1.54) is 30.5 Å². The summed E-state index contributed by atoms with van der Waals surface area (Å²) in [6, 6.07) is 11.8. The van der Waals surface area contributed by atoms with Crippen molar-refractivity contribution >= 4 is 29.2 Å². The zero-order valence-electron chi connectivity index (χ0n) is 10.3. The van der Waals surface area contributed by atoms with E-state index < -0.39 is 0 Å². The topological polar surface area (TPSA) is 36.4 Å². The number of nitrogens with zero attached hydrogens (tertiary/aromatic N) is 1. The second-order valence-corrected chi connectivity index (χ2v) is 4.29. The fraction of sp³-hybridized carbons (Fsp3) is 0. The zero-order chi connectivity index (χ0) is 14.4. The SMILES string of the molecule is Fc1ccc(NC(=S)N/N=C\c2cccc(F)c2)cc1. The summed E-state index contributed by atoms with van der Waals surface area (Å²) in [6.45, 7) is 0. The van der Waals surface area contributed by atoms with Crippen molar-refractivity contribution in [1.29, 1.82) is 0 Å². The summed E-state index contributed by atoms with van der Waals surface area (Å²) in [4.78, 5) is 0. The van der Waals surface area contributed by atoms with Crippen LogP contribution in [0.2, 0.25) is 0 Å². The first-order valence-electron chi connectivity index (χ1n) is 5.75. The molecule has 0 aliphatic rings. The number of thiocarbonyl (C=S) groups is 1. The van der Waals surface area contributed by atoms with Gasteiger partial charge in [0, 0.05) is 5.69 Å². The Morgan fingerprint density at radius 1 is 1.05 bits per heavy atom. The molecule has 2 N–H and O–H groups in total. The van der Waals surface area contributed by atoms with Gasteiger partial charge in [0.25, 0.3) is 0 Å². The van der Waals surface area contributed by atoms with E-state index in [4.69, 9.17) is 12.2 Å². The van der Waals surface area contributed by atoms with E-state index in [1.807, 2.05) is 0 Å². The minimum Gasteiger partial charge on any atom is -0.331 e. The average Bonchev–Trinajstić information content (AvgIpc) is 2.41. The molecule has 102 valence electrons. The number of hydrazone groups is 1. The number of nitrogens with one attached hydrogen (secondary N) is 2. The average molecular weight is 291 g/mol. The number of hydrogen-bond donors (Lipinski definition) is 2. The summed E-state index contributed by atoms with van der Waals surface area (Å²) in [5.74, 6) is -0.653. The van der Waals surface area contributed by atoms with Crippen LogP contribution in [0.3, 0.4) is 0 Å². The van der Waals surface area contributed by atoms with E-state index in [2.05, 4.69) is 15.8 Å². The lowest BCUT2D eigenvalue weighted by atomic mass is 10.2. The molecule has 0 aromatic heterocycles. The Bertz CT molecular complexity index is 627. The Kier molecular flexibility index (Phi) is 4.73. The maximum absolute atomic E-state index is 12.9. The predicted octanol–water partition coefficient (Wildman–Crippen LogP) is 3.29. The summed E-state index contributed by atoms with van der Waals surface area (Å²) >= 11 is 5.01. The number of benzene rings is 2. The number of rotatable bonds is 3. The molecule has 6 heteroatoms. The normalized spacial score (nSPS) is 10.5. The molecule has 0 atom stereocenters. The fourth-order valence-electron chi connectivity index (χ4n) is 1.44. The van der Waals surface area contributed by atoms with Gasteiger partial charge >= 0.3 is 0 Å². The third-order valence-corrected chi connectivity index (χ3v) is 2.52. The maximum atomic E-state index is 12.9. The lowest BCUT2D eigenvalue weighted by Gasteiger charge is -2.06.